The zero-order chi connectivity index (χ0) is 16.3. The Morgan fingerprint density at radius 1 is 1.27 bits per heavy atom. The first-order valence-electron chi connectivity index (χ1n) is 6.01. The Morgan fingerprint density at radius 3 is 2.64 bits per heavy atom. The van der Waals surface area contributed by atoms with Gasteiger partial charge >= 0.3 is 11.7 Å². The van der Waals surface area contributed by atoms with E-state index in [1.165, 1.54) is 20.3 Å². The van der Waals surface area contributed by atoms with Crippen molar-refractivity contribution in [1.29, 1.82) is 0 Å². The van der Waals surface area contributed by atoms with Crippen molar-refractivity contribution < 1.29 is 18.7 Å². The summed E-state index contributed by atoms with van der Waals surface area (Å²) in [5, 5.41) is 2.37. The Hall–Kier alpha value is -3.10. The molecule has 0 unspecified atom stereocenters. The fourth-order valence-electron chi connectivity index (χ4n) is 1.76. The molecule has 0 atom stereocenters. The smallest absolute Gasteiger partial charge is 0.336 e. The highest BCUT2D eigenvalue weighted by atomic mass is 19.1. The molecule has 2 aromatic rings. The zero-order valence-electron chi connectivity index (χ0n) is 11.7. The first-order chi connectivity index (χ1) is 10.5. The molecule has 0 saturated carbocycles. The van der Waals surface area contributed by atoms with Gasteiger partial charge in [0.25, 0.3) is 5.56 Å². The molecular formula is C13H12FN3O5. The van der Waals surface area contributed by atoms with Gasteiger partial charge in [0, 0.05) is 0 Å². The Bertz CT molecular complexity index is 827. The minimum Gasteiger partial charge on any atom is -0.493 e. The second-order valence-electron chi connectivity index (χ2n) is 4.08. The highest BCUT2D eigenvalue weighted by Gasteiger charge is 2.15. The molecule has 9 heteroatoms. The van der Waals surface area contributed by atoms with E-state index in [1.54, 1.807) is 17.1 Å². The van der Waals surface area contributed by atoms with Crippen LogP contribution < -0.4 is 26.0 Å². The van der Waals surface area contributed by atoms with Crippen molar-refractivity contribution in [1.82, 2.24) is 9.55 Å². The number of carbonyl (C=O) groups excluding carboxylic acids is 1. The van der Waals surface area contributed by atoms with Crippen LogP contribution in [0.25, 0.3) is 0 Å². The Balaban J connectivity index is 2.40. The summed E-state index contributed by atoms with van der Waals surface area (Å²) in [6, 6.07) is 3.74. The third-order valence-corrected chi connectivity index (χ3v) is 2.76. The van der Waals surface area contributed by atoms with Gasteiger partial charge in [-0.2, -0.15) is 4.39 Å². The molecule has 0 aliphatic rings. The second-order valence-corrected chi connectivity index (χ2v) is 4.08. The van der Waals surface area contributed by atoms with E-state index in [2.05, 4.69) is 5.32 Å². The topological polar surface area (TPSA) is 102 Å². The average Bonchev–Trinajstić information content (AvgIpc) is 2.50. The van der Waals surface area contributed by atoms with E-state index in [-0.39, 0.29) is 11.4 Å². The van der Waals surface area contributed by atoms with Crippen LogP contribution in [-0.2, 0) is 0 Å². The van der Waals surface area contributed by atoms with Crippen molar-refractivity contribution in [2.75, 3.05) is 19.5 Å². The SMILES string of the molecule is COc1cccc(NC(=O)n2cc(F)c(=O)[nH]c2=O)c1OC. The lowest BCUT2D eigenvalue weighted by atomic mass is 10.2. The van der Waals surface area contributed by atoms with Crippen LogP contribution in [0.3, 0.4) is 0 Å². The summed E-state index contributed by atoms with van der Waals surface area (Å²) in [5.41, 5.74) is -2.05. The number of para-hydroxylation sites is 1. The Labute approximate surface area is 123 Å². The van der Waals surface area contributed by atoms with Crippen LogP contribution in [0.4, 0.5) is 14.9 Å². The fourth-order valence-corrected chi connectivity index (χ4v) is 1.76. The number of ether oxygens (including phenoxy) is 2. The molecule has 2 rings (SSSR count). The molecule has 0 radical (unpaired) electrons. The lowest BCUT2D eigenvalue weighted by Gasteiger charge is -2.13. The van der Waals surface area contributed by atoms with Crippen LogP contribution in [0.15, 0.2) is 34.0 Å². The van der Waals surface area contributed by atoms with E-state index in [0.717, 1.165) is 0 Å². The number of methoxy groups -OCH3 is 2. The van der Waals surface area contributed by atoms with Crippen LogP contribution in [0.1, 0.15) is 0 Å². The van der Waals surface area contributed by atoms with Crippen LogP contribution in [0.5, 0.6) is 11.5 Å². The fraction of sp³-hybridized carbons (Fsp3) is 0.154. The second kappa shape index (κ2) is 6.12. The minimum atomic E-state index is -1.26. The third-order valence-electron chi connectivity index (χ3n) is 2.76. The third kappa shape index (κ3) is 2.82. The molecule has 0 saturated heterocycles. The molecule has 0 aliphatic carbocycles. The van der Waals surface area contributed by atoms with Crippen molar-refractivity contribution in [3.63, 3.8) is 0 Å². The maximum atomic E-state index is 13.2. The molecule has 116 valence electrons. The van der Waals surface area contributed by atoms with Crippen molar-refractivity contribution in [2.45, 2.75) is 0 Å². The highest BCUT2D eigenvalue weighted by Crippen LogP contribution is 2.34. The van der Waals surface area contributed by atoms with Crippen molar-refractivity contribution in [3.05, 3.63) is 51.1 Å². The molecule has 1 aromatic heterocycles. The molecule has 22 heavy (non-hydrogen) atoms. The van der Waals surface area contributed by atoms with Gasteiger partial charge in [-0.3, -0.25) is 9.78 Å². The molecule has 1 heterocycles. The highest BCUT2D eigenvalue weighted by molar-refractivity contribution is 5.92. The standard InChI is InChI=1S/C13H12FN3O5/c1-21-9-5-3-4-8(10(9)22-2)15-12(19)17-6-7(14)11(18)16-13(17)20/h3-6H,1-2H3,(H,15,19)(H,16,18,20). The number of aromatic nitrogens is 2. The summed E-state index contributed by atoms with van der Waals surface area (Å²) >= 11 is 0. The zero-order valence-corrected chi connectivity index (χ0v) is 11.7. The van der Waals surface area contributed by atoms with E-state index in [4.69, 9.17) is 9.47 Å². The van der Waals surface area contributed by atoms with E-state index in [9.17, 15) is 18.8 Å². The van der Waals surface area contributed by atoms with E-state index < -0.39 is 23.1 Å². The summed E-state index contributed by atoms with van der Waals surface area (Å²) in [4.78, 5) is 36.2. The molecule has 1 aromatic carbocycles. The molecule has 1 amide bonds. The molecule has 8 nitrogen and oxygen atoms in total. The number of nitrogens with zero attached hydrogens (tertiary/aromatic N) is 1. The normalized spacial score (nSPS) is 10.1. The van der Waals surface area contributed by atoms with Crippen LogP contribution in [0.2, 0.25) is 0 Å². The predicted octanol–water partition coefficient (Wildman–Crippen LogP) is 0.773. The number of H-pyrrole nitrogens is 1. The summed E-state index contributed by atoms with van der Waals surface area (Å²) in [6.07, 6.45) is 0.503. The van der Waals surface area contributed by atoms with Gasteiger partial charge in [0.15, 0.2) is 11.5 Å². The van der Waals surface area contributed by atoms with Crippen LogP contribution in [0, 0.1) is 5.82 Å². The Kier molecular flexibility index (Phi) is 4.25. The van der Waals surface area contributed by atoms with Crippen molar-refractivity contribution >= 4 is 11.7 Å². The van der Waals surface area contributed by atoms with E-state index in [0.29, 0.717) is 16.5 Å². The number of nitrogens with one attached hydrogen (secondary N) is 2. The molecule has 0 aliphatic heterocycles. The first-order valence-corrected chi connectivity index (χ1v) is 6.01. The maximum absolute atomic E-state index is 13.2. The van der Waals surface area contributed by atoms with Gasteiger partial charge in [0.2, 0.25) is 5.82 Å². The van der Waals surface area contributed by atoms with Gasteiger partial charge in [0.1, 0.15) is 0 Å². The van der Waals surface area contributed by atoms with E-state index in [1.807, 2.05) is 0 Å². The Morgan fingerprint density at radius 2 is 2.00 bits per heavy atom. The first kappa shape index (κ1) is 15.3. The van der Waals surface area contributed by atoms with Crippen molar-refractivity contribution in [2.24, 2.45) is 0 Å². The monoisotopic (exact) mass is 309 g/mol. The number of amides is 1. The summed E-state index contributed by atoms with van der Waals surface area (Å²) < 4.78 is 23.8. The maximum Gasteiger partial charge on any atom is 0.336 e. The summed E-state index contributed by atoms with van der Waals surface area (Å²) in [7, 11) is 2.80. The van der Waals surface area contributed by atoms with Crippen LogP contribution in [-0.4, -0.2) is 29.8 Å². The van der Waals surface area contributed by atoms with Gasteiger partial charge in [-0.05, 0) is 12.1 Å². The lowest BCUT2D eigenvalue weighted by molar-refractivity contribution is 0.251. The lowest BCUT2D eigenvalue weighted by Crippen LogP contribution is -2.37. The van der Waals surface area contributed by atoms with Gasteiger partial charge < -0.3 is 14.8 Å². The average molecular weight is 309 g/mol. The van der Waals surface area contributed by atoms with Gasteiger partial charge in [0.05, 0.1) is 26.1 Å². The number of anilines is 1. The number of aromatic amines is 1. The number of carbonyl (C=O) groups is 1. The molecule has 0 spiro atoms. The number of hydrogen-bond acceptors (Lipinski definition) is 5. The summed E-state index contributed by atoms with van der Waals surface area (Å²) in [6.45, 7) is 0. The number of halogens is 1. The minimum absolute atomic E-state index is 0.213. The largest absolute Gasteiger partial charge is 0.493 e. The number of benzene rings is 1. The van der Waals surface area contributed by atoms with E-state index >= 15 is 0 Å². The van der Waals surface area contributed by atoms with Gasteiger partial charge in [-0.25, -0.2) is 14.2 Å². The number of hydrogen-bond donors (Lipinski definition) is 2. The van der Waals surface area contributed by atoms with Gasteiger partial charge in [-0.15, -0.1) is 0 Å². The quantitative estimate of drug-likeness (QED) is 0.872. The van der Waals surface area contributed by atoms with Crippen LogP contribution >= 0.6 is 0 Å². The molecule has 0 bridgehead atoms. The molecular weight excluding hydrogens is 297 g/mol. The van der Waals surface area contributed by atoms with Crippen molar-refractivity contribution in [3.8, 4) is 11.5 Å². The molecule has 0 fully saturated rings. The summed E-state index contributed by atoms with van der Waals surface area (Å²) in [5.74, 6) is -0.663. The predicted molar refractivity (Wildman–Crippen MR) is 75.2 cm³/mol. The molecule has 2 N–H and O–H groups in total. The number of rotatable bonds is 3. The van der Waals surface area contributed by atoms with Gasteiger partial charge in [-0.1, -0.05) is 6.07 Å².